The smallest absolute Gasteiger partial charge is 0.0574 e. The molecule has 1 aliphatic heterocycles. The molecule has 3 nitrogen and oxygen atoms in total. The fraction of sp³-hybridized carbons (Fsp3) is 0.474. The van der Waals surface area contributed by atoms with Crippen molar-refractivity contribution in [3.8, 4) is 0 Å². The number of anilines is 1. The van der Waals surface area contributed by atoms with Crippen LogP contribution in [0.25, 0.3) is 0 Å². The number of hydrogen-bond donors (Lipinski definition) is 2. The Morgan fingerprint density at radius 3 is 2.48 bits per heavy atom. The molecule has 0 aliphatic carbocycles. The van der Waals surface area contributed by atoms with Crippen LogP contribution in [0, 0.1) is 6.92 Å². The standard InChI is InChI=1S/C19H26N2OS/c1-14-3-8-19(23-14)13-20-15(2)16-4-6-17(7-5-16)21-11-9-18(22)10-12-21/h3-8,15,18,20,22H,9-13H2,1-2H3/t15-/m1/s1. The van der Waals surface area contributed by atoms with Gasteiger partial charge in [-0.3, -0.25) is 0 Å². The first-order valence-electron chi connectivity index (χ1n) is 8.43. The molecule has 4 heteroatoms. The summed E-state index contributed by atoms with van der Waals surface area (Å²) in [5, 5.41) is 13.2. The molecule has 0 radical (unpaired) electrons. The van der Waals surface area contributed by atoms with Crippen molar-refractivity contribution < 1.29 is 5.11 Å². The fourth-order valence-corrected chi connectivity index (χ4v) is 3.89. The lowest BCUT2D eigenvalue weighted by atomic mass is 10.0. The number of aryl methyl sites for hydroxylation is 1. The van der Waals surface area contributed by atoms with Gasteiger partial charge in [0.15, 0.2) is 0 Å². The third-order valence-corrected chi connectivity index (χ3v) is 5.60. The van der Waals surface area contributed by atoms with Crippen LogP contribution >= 0.6 is 11.3 Å². The first-order valence-corrected chi connectivity index (χ1v) is 9.25. The van der Waals surface area contributed by atoms with Gasteiger partial charge >= 0.3 is 0 Å². The van der Waals surface area contributed by atoms with Gasteiger partial charge in [0.05, 0.1) is 6.10 Å². The Balaban J connectivity index is 1.55. The maximum absolute atomic E-state index is 9.61. The van der Waals surface area contributed by atoms with Gasteiger partial charge in [-0.1, -0.05) is 12.1 Å². The van der Waals surface area contributed by atoms with Crippen LogP contribution in [0.4, 0.5) is 5.69 Å². The summed E-state index contributed by atoms with van der Waals surface area (Å²) >= 11 is 1.86. The molecule has 1 aromatic heterocycles. The van der Waals surface area contributed by atoms with E-state index in [0.29, 0.717) is 6.04 Å². The van der Waals surface area contributed by atoms with E-state index in [4.69, 9.17) is 0 Å². The van der Waals surface area contributed by atoms with E-state index in [0.717, 1.165) is 32.5 Å². The molecule has 1 aliphatic rings. The van der Waals surface area contributed by atoms with Crippen molar-refractivity contribution >= 4 is 17.0 Å². The predicted octanol–water partition coefficient (Wildman–Crippen LogP) is 3.87. The van der Waals surface area contributed by atoms with E-state index < -0.39 is 0 Å². The van der Waals surface area contributed by atoms with Crippen molar-refractivity contribution in [2.45, 2.75) is 45.4 Å². The van der Waals surface area contributed by atoms with Crippen molar-refractivity contribution in [1.82, 2.24) is 5.32 Å². The van der Waals surface area contributed by atoms with Crippen molar-refractivity contribution in [3.05, 3.63) is 51.7 Å². The maximum atomic E-state index is 9.61. The number of benzene rings is 1. The van der Waals surface area contributed by atoms with Crippen LogP contribution in [0.2, 0.25) is 0 Å². The molecule has 1 saturated heterocycles. The van der Waals surface area contributed by atoms with E-state index >= 15 is 0 Å². The number of rotatable bonds is 5. The Hall–Kier alpha value is -1.36. The van der Waals surface area contributed by atoms with Crippen molar-refractivity contribution in [3.63, 3.8) is 0 Å². The van der Waals surface area contributed by atoms with Crippen LogP contribution in [0.5, 0.6) is 0 Å². The molecule has 1 atom stereocenters. The highest BCUT2D eigenvalue weighted by atomic mass is 32.1. The summed E-state index contributed by atoms with van der Waals surface area (Å²) in [7, 11) is 0. The van der Waals surface area contributed by atoms with Gasteiger partial charge in [-0.2, -0.15) is 0 Å². The second-order valence-corrected chi connectivity index (χ2v) is 7.80. The van der Waals surface area contributed by atoms with Gasteiger partial charge in [0.2, 0.25) is 0 Å². The molecule has 2 heterocycles. The molecule has 2 aromatic rings. The molecular formula is C19H26N2OS. The van der Waals surface area contributed by atoms with Crippen LogP contribution < -0.4 is 10.2 Å². The molecule has 0 unspecified atom stereocenters. The minimum atomic E-state index is -0.115. The first kappa shape index (κ1) is 16.5. The highest BCUT2D eigenvalue weighted by Gasteiger charge is 2.17. The lowest BCUT2D eigenvalue weighted by Crippen LogP contribution is -2.35. The molecule has 1 fully saturated rings. The minimum Gasteiger partial charge on any atom is -0.393 e. The van der Waals surface area contributed by atoms with E-state index in [2.05, 4.69) is 60.5 Å². The number of hydrogen-bond acceptors (Lipinski definition) is 4. The fourth-order valence-electron chi connectivity index (χ4n) is 3.05. The minimum absolute atomic E-state index is 0.115. The Morgan fingerprint density at radius 1 is 1.17 bits per heavy atom. The lowest BCUT2D eigenvalue weighted by Gasteiger charge is -2.31. The topological polar surface area (TPSA) is 35.5 Å². The third-order valence-electron chi connectivity index (χ3n) is 4.60. The summed E-state index contributed by atoms with van der Waals surface area (Å²) < 4.78 is 0. The van der Waals surface area contributed by atoms with E-state index in [-0.39, 0.29) is 6.10 Å². The van der Waals surface area contributed by atoms with Gasteiger partial charge in [0.25, 0.3) is 0 Å². The van der Waals surface area contributed by atoms with Gasteiger partial charge < -0.3 is 15.3 Å². The van der Waals surface area contributed by atoms with Crippen molar-refractivity contribution in [2.24, 2.45) is 0 Å². The van der Waals surface area contributed by atoms with Gasteiger partial charge in [0.1, 0.15) is 0 Å². The summed E-state index contributed by atoms with van der Waals surface area (Å²) in [5.41, 5.74) is 2.58. The Labute approximate surface area is 143 Å². The number of piperidine rings is 1. The normalized spacial score (nSPS) is 17.4. The van der Waals surface area contributed by atoms with Crippen LogP contribution in [0.1, 0.15) is 41.1 Å². The highest BCUT2D eigenvalue weighted by Crippen LogP contribution is 2.23. The molecule has 2 N–H and O–H groups in total. The summed E-state index contributed by atoms with van der Waals surface area (Å²) in [5.74, 6) is 0. The molecule has 124 valence electrons. The van der Waals surface area contributed by atoms with Crippen molar-refractivity contribution in [2.75, 3.05) is 18.0 Å². The maximum Gasteiger partial charge on any atom is 0.0574 e. The summed E-state index contributed by atoms with van der Waals surface area (Å²) in [6, 6.07) is 13.6. The van der Waals surface area contributed by atoms with Crippen molar-refractivity contribution in [1.29, 1.82) is 0 Å². The molecule has 0 amide bonds. The van der Waals surface area contributed by atoms with Crippen LogP contribution in [-0.4, -0.2) is 24.3 Å². The number of thiophene rings is 1. The van der Waals surface area contributed by atoms with E-state index in [1.807, 2.05) is 11.3 Å². The quantitative estimate of drug-likeness (QED) is 0.873. The molecule has 0 saturated carbocycles. The Kier molecular flexibility index (Phi) is 5.36. The second-order valence-electron chi connectivity index (χ2n) is 6.42. The molecule has 23 heavy (non-hydrogen) atoms. The number of aliphatic hydroxyl groups excluding tert-OH is 1. The zero-order chi connectivity index (χ0) is 16.2. The second kappa shape index (κ2) is 7.47. The molecular weight excluding hydrogens is 304 g/mol. The monoisotopic (exact) mass is 330 g/mol. The Morgan fingerprint density at radius 2 is 1.87 bits per heavy atom. The van der Waals surface area contributed by atoms with Crippen LogP contribution in [0.15, 0.2) is 36.4 Å². The SMILES string of the molecule is Cc1ccc(CN[C@H](C)c2ccc(N3CCC(O)CC3)cc2)s1. The summed E-state index contributed by atoms with van der Waals surface area (Å²) in [6.45, 7) is 7.19. The number of aliphatic hydroxyl groups is 1. The summed E-state index contributed by atoms with van der Waals surface area (Å²) in [4.78, 5) is 5.12. The lowest BCUT2D eigenvalue weighted by molar-refractivity contribution is 0.145. The molecule has 3 rings (SSSR count). The predicted molar refractivity (Wildman–Crippen MR) is 98.2 cm³/mol. The number of nitrogens with zero attached hydrogens (tertiary/aromatic N) is 1. The first-order chi connectivity index (χ1) is 11.1. The van der Waals surface area contributed by atoms with E-state index in [1.54, 1.807) is 0 Å². The molecule has 0 bridgehead atoms. The van der Waals surface area contributed by atoms with Gasteiger partial charge in [-0.15, -0.1) is 11.3 Å². The molecule has 1 aromatic carbocycles. The Bertz CT molecular complexity index is 615. The van der Waals surface area contributed by atoms with E-state index in [9.17, 15) is 5.11 Å². The third kappa shape index (κ3) is 4.34. The van der Waals surface area contributed by atoms with Gasteiger partial charge in [-0.25, -0.2) is 0 Å². The summed E-state index contributed by atoms with van der Waals surface area (Å²) in [6.07, 6.45) is 1.63. The zero-order valence-corrected chi connectivity index (χ0v) is 14.8. The average molecular weight is 330 g/mol. The van der Waals surface area contributed by atoms with Gasteiger partial charge in [-0.05, 0) is 56.5 Å². The van der Waals surface area contributed by atoms with E-state index in [1.165, 1.54) is 21.0 Å². The molecule has 0 spiro atoms. The largest absolute Gasteiger partial charge is 0.393 e. The number of nitrogens with one attached hydrogen (secondary N) is 1. The van der Waals surface area contributed by atoms with Crippen LogP contribution in [-0.2, 0) is 6.54 Å². The average Bonchev–Trinajstić information content (AvgIpc) is 2.99. The van der Waals surface area contributed by atoms with Crippen LogP contribution in [0.3, 0.4) is 0 Å². The van der Waals surface area contributed by atoms with Gasteiger partial charge in [0, 0.05) is 41.1 Å². The highest BCUT2D eigenvalue weighted by molar-refractivity contribution is 7.11. The zero-order valence-electron chi connectivity index (χ0n) is 14.0.